The molecular formula is C68H88N6O9. The number of ketones is 1. The van der Waals surface area contributed by atoms with Crippen LogP contribution in [0.5, 0.6) is 5.75 Å². The molecular weight excluding hydrogens is 1040 g/mol. The maximum Gasteiger partial charge on any atom is 0.243 e. The van der Waals surface area contributed by atoms with E-state index in [9.17, 15) is 40.5 Å². The van der Waals surface area contributed by atoms with E-state index in [0.29, 0.717) is 71.9 Å². The molecule has 83 heavy (non-hydrogen) atoms. The molecule has 4 aromatic carbocycles. The van der Waals surface area contributed by atoms with E-state index < -0.39 is 77.2 Å². The van der Waals surface area contributed by atoms with Crippen LogP contribution in [0.3, 0.4) is 0 Å². The minimum absolute atomic E-state index is 0.0655. The molecule has 0 saturated heterocycles. The number of rotatable bonds is 15. The van der Waals surface area contributed by atoms with Gasteiger partial charge in [-0.3, -0.25) is 19.9 Å². The van der Waals surface area contributed by atoms with Crippen molar-refractivity contribution < 1.29 is 45.3 Å². The number of benzene rings is 4. The number of aliphatic hydroxyl groups is 6. The van der Waals surface area contributed by atoms with Crippen LogP contribution in [0.25, 0.3) is 0 Å². The molecule has 1 spiro atoms. The summed E-state index contributed by atoms with van der Waals surface area (Å²) in [5, 5.41) is 88.8. The number of aliphatic imine (C=N–C) groups is 1. The number of aromatic hydroxyl groups is 1. The number of guanidine groups is 1. The third-order valence-corrected chi connectivity index (χ3v) is 18.7. The van der Waals surface area contributed by atoms with Crippen LogP contribution in [0.1, 0.15) is 136 Å². The number of hydrogen-bond acceptors (Lipinski definition) is 12. The average Bonchev–Trinajstić information content (AvgIpc) is 1.91. The maximum atomic E-state index is 15.1. The molecule has 15 N–H and O–H groups in total. The maximum absolute atomic E-state index is 15.1. The zero-order valence-corrected chi connectivity index (χ0v) is 48.5. The number of aliphatic hydroxyl groups excluding tert-OH is 5. The molecule has 2 aliphatic heterocycles. The first-order valence-electron chi connectivity index (χ1n) is 29.6. The van der Waals surface area contributed by atoms with Crippen LogP contribution in [-0.2, 0) is 35.3 Å². The number of β-amino-alcohol motifs (C(OH)–C–C–N with tert-alkyl or cyclic N) is 1. The van der Waals surface area contributed by atoms with Crippen molar-refractivity contribution in [1.82, 2.24) is 10.6 Å². The molecule has 1 amide bonds. The van der Waals surface area contributed by atoms with Gasteiger partial charge in [0, 0.05) is 36.8 Å². The Bertz CT molecular complexity index is 3070. The summed E-state index contributed by atoms with van der Waals surface area (Å²) in [6, 6.07) is 29.3. The van der Waals surface area contributed by atoms with Crippen molar-refractivity contribution >= 4 is 17.6 Å². The second-order valence-electron chi connectivity index (χ2n) is 24.1. The van der Waals surface area contributed by atoms with Crippen LogP contribution in [-0.4, -0.2) is 103 Å². The number of hydrogen-bond donors (Lipinski definition) is 12. The van der Waals surface area contributed by atoms with Gasteiger partial charge in [0.15, 0.2) is 11.7 Å². The summed E-state index contributed by atoms with van der Waals surface area (Å²) >= 11 is 0. The van der Waals surface area contributed by atoms with E-state index in [0.717, 1.165) is 41.5 Å². The number of Topliss-reactive ketones (excluding diaryl/α,β-unsaturated/α-hetero) is 1. The standard InChI is InChI=1S/C68H88N6O9/c1-41(12-8-16-44-14-6-5-7-15-44)22-29-58(78)42(2)13-9-20-49(40-75)53-31-33-68(63(53)81)57-28-27-51(77)35-45-17-10-18-46(34-45)36-55(56(38-73-66(70)71)47-23-25-50(76)26-24-47)60(80)39-72-62-61-48(19-11-21-54(61)64(69)74-65(62)82)37-59(79)43(3)52(57)30-32-67(68,4)83/h5-7,9-11,13-15,17-26,34,51,53,55-58,60,62-64,72,75-78,80-81,83H,2,8,12,16,27-33,35-40,69H2,1,3-4H3,(H,74,82)(H4,70,71,73). The number of aryl methyl sites for hydroxylation is 1. The lowest BCUT2D eigenvalue weighted by molar-refractivity contribution is -0.168. The van der Waals surface area contributed by atoms with Crippen LogP contribution in [0, 0.1) is 23.2 Å². The fourth-order valence-corrected chi connectivity index (χ4v) is 14.0. The molecule has 4 aliphatic rings. The zero-order valence-electron chi connectivity index (χ0n) is 48.5. The topological polar surface area (TPSA) is 290 Å². The highest BCUT2D eigenvalue weighted by atomic mass is 16.3. The highest BCUT2D eigenvalue weighted by Crippen LogP contribution is 2.63. The first-order valence-corrected chi connectivity index (χ1v) is 29.6. The Kier molecular flexibility index (Phi) is 21.0. The van der Waals surface area contributed by atoms with Crippen molar-refractivity contribution in [3.05, 3.63) is 195 Å². The molecule has 15 heteroatoms. The monoisotopic (exact) mass is 1130 g/mol. The Labute approximate surface area is 489 Å². The highest BCUT2D eigenvalue weighted by molar-refractivity contribution is 5.98. The summed E-state index contributed by atoms with van der Waals surface area (Å²) in [5.41, 5.74) is 24.9. The molecule has 2 saturated carbocycles. The Morgan fingerprint density at radius 1 is 0.928 bits per heavy atom. The number of carbonyl (C=O) groups excluding carboxylic acids is 2. The number of phenolic OH excluding ortho intramolecular Hbond substituents is 1. The number of phenols is 1. The van der Waals surface area contributed by atoms with E-state index in [-0.39, 0.29) is 62.9 Å². The van der Waals surface area contributed by atoms with Gasteiger partial charge >= 0.3 is 0 Å². The van der Waals surface area contributed by atoms with E-state index in [2.05, 4.69) is 47.3 Å². The van der Waals surface area contributed by atoms with Gasteiger partial charge in [-0.15, -0.1) is 0 Å². The fraction of sp³-hybridized carbons (Fsp3) is 0.456. The molecule has 2 bridgehead atoms. The SMILES string of the molecule is C=C(C=CC=C(CO)C1CCC2(C3CCC(O)Cc4cccc(c4)CC(C(CN=C(N)N)c4ccc(O)cc4)C(O)CNC4C(=O)NC(N)c5cccc(c54)CC(=O)C(C)=C3CCC2(C)O)C1O)C(O)CC=C(C)CCCc1ccccc1. The smallest absolute Gasteiger partial charge is 0.243 e. The summed E-state index contributed by atoms with van der Waals surface area (Å²) in [5.74, 6) is -2.87. The Morgan fingerprint density at radius 3 is 2.37 bits per heavy atom. The van der Waals surface area contributed by atoms with Crippen molar-refractivity contribution in [3.63, 3.8) is 0 Å². The van der Waals surface area contributed by atoms with Crippen LogP contribution in [0.2, 0.25) is 0 Å². The number of nitrogens with one attached hydrogen (secondary N) is 2. The van der Waals surface area contributed by atoms with Gasteiger partial charge in [0.2, 0.25) is 5.91 Å². The third kappa shape index (κ3) is 14.7. The fourth-order valence-electron chi connectivity index (χ4n) is 14.0. The van der Waals surface area contributed by atoms with Gasteiger partial charge in [0.1, 0.15) is 18.0 Å². The minimum Gasteiger partial charge on any atom is -0.508 e. The number of fused-ring (bicyclic) bond motifs is 4. The van der Waals surface area contributed by atoms with Gasteiger partial charge in [-0.25, -0.2) is 0 Å². The van der Waals surface area contributed by atoms with Gasteiger partial charge in [0.05, 0.1) is 36.6 Å². The van der Waals surface area contributed by atoms with Gasteiger partial charge in [0.25, 0.3) is 0 Å². The lowest BCUT2D eigenvalue weighted by atomic mass is 9.52. The highest BCUT2D eigenvalue weighted by Gasteiger charge is 2.64. The molecule has 12 unspecified atom stereocenters. The number of nitrogens with zero attached hydrogens (tertiary/aromatic N) is 1. The summed E-state index contributed by atoms with van der Waals surface area (Å²) in [6.45, 7) is 9.45. The predicted octanol–water partition coefficient (Wildman–Crippen LogP) is 7.18. The molecule has 2 aliphatic carbocycles. The Balaban J connectivity index is 1.11. The first kappa shape index (κ1) is 62.5. The van der Waals surface area contributed by atoms with Crippen LogP contribution >= 0.6 is 0 Å². The Morgan fingerprint density at radius 2 is 1.65 bits per heavy atom. The van der Waals surface area contributed by atoms with E-state index in [4.69, 9.17) is 17.2 Å². The molecule has 15 nitrogen and oxygen atoms in total. The van der Waals surface area contributed by atoms with E-state index in [1.54, 1.807) is 56.3 Å². The molecule has 444 valence electrons. The molecule has 12 atom stereocenters. The van der Waals surface area contributed by atoms with Gasteiger partial charge < -0.3 is 58.3 Å². The minimum atomic E-state index is -1.42. The number of carbonyl (C=O) groups is 2. The summed E-state index contributed by atoms with van der Waals surface area (Å²) in [4.78, 5) is 33.7. The first-order chi connectivity index (χ1) is 39.7. The van der Waals surface area contributed by atoms with Crippen LogP contribution in [0.4, 0.5) is 0 Å². The largest absolute Gasteiger partial charge is 0.508 e. The number of amides is 1. The lowest BCUT2D eigenvalue weighted by Gasteiger charge is -2.56. The van der Waals surface area contributed by atoms with Gasteiger partial charge in [-0.1, -0.05) is 127 Å². The normalized spacial score (nSPS) is 28.3. The summed E-state index contributed by atoms with van der Waals surface area (Å²) in [6.07, 6.45) is 8.28. The quantitative estimate of drug-likeness (QED) is 0.0243. The van der Waals surface area contributed by atoms with Gasteiger partial charge in [-0.2, -0.15) is 0 Å². The molecule has 2 heterocycles. The number of nitrogens with two attached hydrogens (primary N) is 3. The molecule has 0 radical (unpaired) electrons. The lowest BCUT2D eigenvalue weighted by Crippen LogP contribution is -2.59. The van der Waals surface area contributed by atoms with E-state index in [1.807, 2.05) is 60.7 Å². The molecule has 8 rings (SSSR count). The molecule has 4 aromatic rings. The van der Waals surface area contributed by atoms with Crippen molar-refractivity contribution in [2.75, 3.05) is 19.7 Å². The van der Waals surface area contributed by atoms with Crippen molar-refractivity contribution in [3.8, 4) is 5.75 Å². The van der Waals surface area contributed by atoms with Gasteiger partial charge in [-0.05, 0) is 177 Å². The van der Waals surface area contributed by atoms with E-state index in [1.165, 1.54) is 11.1 Å². The predicted molar refractivity (Wildman–Crippen MR) is 326 cm³/mol. The Hall–Kier alpha value is -6.53. The average molecular weight is 1130 g/mol. The second-order valence-corrected chi connectivity index (χ2v) is 24.1. The number of allylic oxidation sites excluding steroid dienone is 5. The van der Waals surface area contributed by atoms with Crippen molar-refractivity contribution in [1.29, 1.82) is 0 Å². The zero-order chi connectivity index (χ0) is 59.6. The van der Waals surface area contributed by atoms with Crippen molar-refractivity contribution in [2.45, 2.75) is 152 Å². The summed E-state index contributed by atoms with van der Waals surface area (Å²) in [7, 11) is 0. The van der Waals surface area contributed by atoms with Crippen molar-refractivity contribution in [2.24, 2.45) is 45.4 Å². The molecule has 2 fully saturated rings. The van der Waals surface area contributed by atoms with Crippen LogP contribution in [0.15, 0.2) is 161 Å². The summed E-state index contributed by atoms with van der Waals surface area (Å²) < 4.78 is 0. The van der Waals surface area contributed by atoms with Crippen LogP contribution < -0.4 is 27.8 Å². The third-order valence-electron chi connectivity index (χ3n) is 18.7. The second kappa shape index (κ2) is 27.9. The van der Waals surface area contributed by atoms with E-state index >= 15 is 4.79 Å². The molecule has 0 aromatic heterocycles.